The van der Waals surface area contributed by atoms with E-state index in [0.29, 0.717) is 11.7 Å². The number of rotatable bonds is 4. The van der Waals surface area contributed by atoms with Crippen LogP contribution in [0.3, 0.4) is 0 Å². The lowest BCUT2D eigenvalue weighted by Crippen LogP contribution is -2.18. The molecule has 1 aromatic carbocycles. The van der Waals surface area contributed by atoms with Crippen molar-refractivity contribution < 1.29 is 0 Å². The van der Waals surface area contributed by atoms with Gasteiger partial charge in [-0.05, 0) is 36.8 Å². The van der Waals surface area contributed by atoms with Gasteiger partial charge in [-0.15, -0.1) is 5.10 Å². The Kier molecular flexibility index (Phi) is 3.72. The average Bonchev–Trinajstić information content (AvgIpc) is 2.81. The van der Waals surface area contributed by atoms with Crippen LogP contribution in [0, 0.1) is 0 Å². The van der Waals surface area contributed by atoms with E-state index in [-0.39, 0.29) is 0 Å². The zero-order valence-corrected chi connectivity index (χ0v) is 12.0. The van der Waals surface area contributed by atoms with Crippen LogP contribution in [0.1, 0.15) is 48.9 Å². The molecule has 3 rings (SSSR count). The molecule has 4 nitrogen and oxygen atoms in total. The topological polar surface area (TPSA) is 56.7 Å². The first-order chi connectivity index (χ1) is 9.79. The van der Waals surface area contributed by atoms with Crippen molar-refractivity contribution in [3.63, 3.8) is 0 Å². The van der Waals surface area contributed by atoms with Crippen molar-refractivity contribution in [1.29, 1.82) is 0 Å². The van der Waals surface area contributed by atoms with Gasteiger partial charge in [-0.25, -0.2) is 4.68 Å². The van der Waals surface area contributed by atoms with Crippen molar-refractivity contribution in [2.75, 3.05) is 5.73 Å². The van der Waals surface area contributed by atoms with Crippen molar-refractivity contribution in [1.82, 2.24) is 15.0 Å². The van der Waals surface area contributed by atoms with E-state index in [2.05, 4.69) is 41.5 Å². The second kappa shape index (κ2) is 5.65. The molecule has 106 valence electrons. The van der Waals surface area contributed by atoms with E-state index in [1.807, 2.05) is 4.68 Å². The average molecular weight is 270 g/mol. The summed E-state index contributed by atoms with van der Waals surface area (Å²) < 4.78 is 2.02. The predicted molar refractivity (Wildman–Crippen MR) is 80.6 cm³/mol. The van der Waals surface area contributed by atoms with Crippen LogP contribution >= 0.6 is 0 Å². The molecule has 0 aliphatic heterocycles. The summed E-state index contributed by atoms with van der Waals surface area (Å²) in [6, 6.07) is 8.79. The molecule has 1 heterocycles. The second-order valence-corrected chi connectivity index (χ2v) is 5.64. The summed E-state index contributed by atoms with van der Waals surface area (Å²) in [5.41, 5.74) is 10.0. The summed E-state index contributed by atoms with van der Waals surface area (Å²) in [5.74, 6) is 1.13. The molecule has 1 aliphatic carbocycles. The van der Waals surface area contributed by atoms with E-state index in [9.17, 15) is 0 Å². The molecular formula is C16H22N4. The fourth-order valence-corrected chi connectivity index (χ4v) is 3.24. The van der Waals surface area contributed by atoms with Gasteiger partial charge >= 0.3 is 0 Å². The van der Waals surface area contributed by atoms with Crippen LogP contribution < -0.4 is 5.73 Å². The minimum atomic E-state index is 0.539. The quantitative estimate of drug-likeness (QED) is 0.929. The summed E-state index contributed by atoms with van der Waals surface area (Å²) in [5, 5.41) is 8.29. The SMILES string of the molecule is CCCc1c(N)nnn1CC1CCCc2ccccc21. The third-order valence-corrected chi connectivity index (χ3v) is 4.24. The Labute approximate surface area is 120 Å². The number of hydrogen-bond acceptors (Lipinski definition) is 3. The molecule has 0 fully saturated rings. The van der Waals surface area contributed by atoms with Crippen molar-refractivity contribution >= 4 is 5.82 Å². The summed E-state index contributed by atoms with van der Waals surface area (Å²) in [7, 11) is 0. The van der Waals surface area contributed by atoms with Gasteiger partial charge in [0, 0.05) is 12.5 Å². The van der Waals surface area contributed by atoms with E-state index in [0.717, 1.165) is 25.1 Å². The highest BCUT2D eigenvalue weighted by atomic mass is 15.4. The Bertz CT molecular complexity index is 588. The van der Waals surface area contributed by atoms with Gasteiger partial charge in [0.1, 0.15) is 0 Å². The third kappa shape index (κ3) is 2.42. The van der Waals surface area contributed by atoms with Crippen LogP contribution in [0.15, 0.2) is 24.3 Å². The minimum absolute atomic E-state index is 0.539. The van der Waals surface area contributed by atoms with Crippen LogP contribution in [-0.4, -0.2) is 15.0 Å². The monoisotopic (exact) mass is 270 g/mol. The number of nitrogen functional groups attached to an aromatic ring is 1. The van der Waals surface area contributed by atoms with Crippen molar-refractivity contribution in [3.05, 3.63) is 41.1 Å². The molecule has 2 N–H and O–H groups in total. The van der Waals surface area contributed by atoms with E-state index in [1.54, 1.807) is 0 Å². The zero-order chi connectivity index (χ0) is 13.9. The molecule has 1 unspecified atom stereocenters. The summed E-state index contributed by atoms with van der Waals surface area (Å²) in [6.45, 7) is 3.06. The molecule has 1 aromatic heterocycles. The summed E-state index contributed by atoms with van der Waals surface area (Å²) in [6.07, 6.45) is 5.71. The molecule has 0 bridgehead atoms. The van der Waals surface area contributed by atoms with Gasteiger partial charge in [0.15, 0.2) is 5.82 Å². The van der Waals surface area contributed by atoms with Crippen LogP contribution in [0.4, 0.5) is 5.82 Å². The number of aryl methyl sites for hydroxylation is 1. The molecule has 0 saturated carbocycles. The lowest BCUT2D eigenvalue weighted by molar-refractivity contribution is 0.439. The molecule has 4 heteroatoms. The molecular weight excluding hydrogens is 248 g/mol. The lowest BCUT2D eigenvalue weighted by atomic mass is 9.83. The summed E-state index contributed by atoms with van der Waals surface area (Å²) >= 11 is 0. The highest BCUT2D eigenvalue weighted by molar-refractivity contribution is 5.35. The number of anilines is 1. The van der Waals surface area contributed by atoms with Crippen molar-refractivity contribution in [2.24, 2.45) is 0 Å². The maximum atomic E-state index is 5.93. The van der Waals surface area contributed by atoms with Crippen LogP contribution in [0.2, 0.25) is 0 Å². The Morgan fingerprint density at radius 1 is 1.35 bits per heavy atom. The van der Waals surface area contributed by atoms with Gasteiger partial charge in [-0.3, -0.25) is 0 Å². The molecule has 0 spiro atoms. The fraction of sp³-hybridized carbons (Fsp3) is 0.500. The molecule has 1 atom stereocenters. The maximum absolute atomic E-state index is 5.93. The Morgan fingerprint density at radius 3 is 3.05 bits per heavy atom. The van der Waals surface area contributed by atoms with Gasteiger partial charge in [-0.1, -0.05) is 42.8 Å². The van der Waals surface area contributed by atoms with Crippen molar-refractivity contribution in [3.8, 4) is 0 Å². The van der Waals surface area contributed by atoms with E-state index < -0.39 is 0 Å². The van der Waals surface area contributed by atoms with E-state index in [1.165, 1.54) is 30.4 Å². The molecule has 0 saturated heterocycles. The normalized spacial score (nSPS) is 17.9. The lowest BCUT2D eigenvalue weighted by Gasteiger charge is -2.25. The van der Waals surface area contributed by atoms with Gasteiger partial charge in [0.25, 0.3) is 0 Å². The third-order valence-electron chi connectivity index (χ3n) is 4.24. The number of benzene rings is 1. The molecule has 0 radical (unpaired) electrons. The smallest absolute Gasteiger partial charge is 0.169 e. The standard InChI is InChI=1S/C16H22N4/c1-2-6-15-16(17)18-19-20(15)11-13-9-5-8-12-7-3-4-10-14(12)13/h3-4,7,10,13H,2,5-6,8-9,11,17H2,1H3. The maximum Gasteiger partial charge on any atom is 0.169 e. The Balaban J connectivity index is 1.86. The first-order valence-electron chi connectivity index (χ1n) is 7.55. The summed E-state index contributed by atoms with van der Waals surface area (Å²) in [4.78, 5) is 0. The number of hydrogen-bond donors (Lipinski definition) is 1. The van der Waals surface area contributed by atoms with Crippen LogP contribution in [0.25, 0.3) is 0 Å². The second-order valence-electron chi connectivity index (χ2n) is 5.64. The Morgan fingerprint density at radius 2 is 2.20 bits per heavy atom. The van der Waals surface area contributed by atoms with E-state index in [4.69, 9.17) is 5.73 Å². The predicted octanol–water partition coefficient (Wildman–Crippen LogP) is 2.93. The Hall–Kier alpha value is -1.84. The highest BCUT2D eigenvalue weighted by Crippen LogP contribution is 2.33. The van der Waals surface area contributed by atoms with Crippen LogP contribution in [-0.2, 0) is 19.4 Å². The first kappa shape index (κ1) is 13.2. The molecule has 2 aromatic rings. The molecule has 20 heavy (non-hydrogen) atoms. The molecule has 0 amide bonds. The van der Waals surface area contributed by atoms with E-state index >= 15 is 0 Å². The number of nitrogens with two attached hydrogens (primary N) is 1. The molecule has 1 aliphatic rings. The number of nitrogens with zero attached hydrogens (tertiary/aromatic N) is 3. The van der Waals surface area contributed by atoms with Gasteiger partial charge in [-0.2, -0.15) is 0 Å². The van der Waals surface area contributed by atoms with Gasteiger partial charge in [0.05, 0.1) is 5.69 Å². The number of aromatic nitrogens is 3. The highest BCUT2D eigenvalue weighted by Gasteiger charge is 2.22. The minimum Gasteiger partial charge on any atom is -0.381 e. The van der Waals surface area contributed by atoms with Gasteiger partial charge < -0.3 is 5.73 Å². The zero-order valence-electron chi connectivity index (χ0n) is 12.0. The first-order valence-corrected chi connectivity index (χ1v) is 7.55. The van der Waals surface area contributed by atoms with Crippen molar-refractivity contribution in [2.45, 2.75) is 51.5 Å². The van der Waals surface area contributed by atoms with Crippen LogP contribution in [0.5, 0.6) is 0 Å². The fourth-order valence-electron chi connectivity index (χ4n) is 3.24. The number of fused-ring (bicyclic) bond motifs is 1. The largest absolute Gasteiger partial charge is 0.381 e. The van der Waals surface area contributed by atoms with Gasteiger partial charge in [0.2, 0.25) is 0 Å².